The van der Waals surface area contributed by atoms with Crippen LogP contribution in [0.25, 0.3) is 0 Å². The molecule has 0 aliphatic heterocycles. The van der Waals surface area contributed by atoms with Gasteiger partial charge in [0.2, 0.25) is 0 Å². The number of nitrogens with zero attached hydrogens (tertiary/aromatic N) is 2. The number of rotatable bonds is 3. The summed E-state index contributed by atoms with van der Waals surface area (Å²) in [5.74, 6) is -0.231. The summed E-state index contributed by atoms with van der Waals surface area (Å²) >= 11 is 3.29. The highest BCUT2D eigenvalue weighted by atomic mass is 79.9. The fraction of sp³-hybridized carbons (Fsp3) is 0.0833. The van der Waals surface area contributed by atoms with Crippen LogP contribution in [-0.2, 0) is 6.54 Å². The lowest BCUT2D eigenvalue weighted by Gasteiger charge is -2.07. The van der Waals surface area contributed by atoms with Crippen LogP contribution in [0.5, 0.6) is 0 Å². The summed E-state index contributed by atoms with van der Waals surface area (Å²) in [6.45, 7) is 0.322. The molecule has 0 spiro atoms. The average Bonchev–Trinajstić information content (AvgIpc) is 2.37. The van der Waals surface area contributed by atoms with Crippen molar-refractivity contribution >= 4 is 27.5 Å². The van der Waals surface area contributed by atoms with Crippen LogP contribution in [0.2, 0.25) is 0 Å². The Morgan fingerprint density at radius 2 is 2.22 bits per heavy atom. The van der Waals surface area contributed by atoms with Crippen molar-refractivity contribution in [3.8, 4) is 0 Å². The molecule has 0 unspecified atom stereocenters. The lowest BCUT2D eigenvalue weighted by molar-refractivity contribution is 0.0951. The molecule has 0 saturated carbocycles. The van der Waals surface area contributed by atoms with Crippen molar-refractivity contribution in [1.82, 2.24) is 15.5 Å². The first-order chi connectivity index (χ1) is 8.66. The zero-order valence-electron chi connectivity index (χ0n) is 9.43. The SMILES string of the molecule is Nc1cc(Br)ccc1C(=O)NCc1cccnn1. The van der Waals surface area contributed by atoms with E-state index in [4.69, 9.17) is 5.73 Å². The second-order valence-electron chi connectivity index (χ2n) is 3.63. The number of aromatic nitrogens is 2. The molecule has 18 heavy (non-hydrogen) atoms. The monoisotopic (exact) mass is 306 g/mol. The second-order valence-corrected chi connectivity index (χ2v) is 4.54. The number of nitrogen functional groups attached to an aromatic ring is 1. The van der Waals surface area contributed by atoms with Crippen LogP contribution in [0.4, 0.5) is 5.69 Å². The first-order valence-corrected chi connectivity index (χ1v) is 6.06. The number of nitrogens with two attached hydrogens (primary N) is 1. The zero-order valence-corrected chi connectivity index (χ0v) is 11.0. The molecule has 1 amide bonds. The molecule has 1 aromatic heterocycles. The van der Waals surface area contributed by atoms with Crippen molar-refractivity contribution < 1.29 is 4.79 Å². The van der Waals surface area contributed by atoms with E-state index in [9.17, 15) is 4.79 Å². The molecule has 0 aliphatic rings. The summed E-state index contributed by atoms with van der Waals surface area (Å²) in [6, 6.07) is 8.69. The number of anilines is 1. The lowest BCUT2D eigenvalue weighted by atomic mass is 10.1. The molecule has 1 heterocycles. The van der Waals surface area contributed by atoms with Gasteiger partial charge in [-0.15, -0.1) is 0 Å². The second kappa shape index (κ2) is 5.59. The largest absolute Gasteiger partial charge is 0.398 e. The van der Waals surface area contributed by atoms with E-state index >= 15 is 0 Å². The van der Waals surface area contributed by atoms with Gasteiger partial charge in [-0.25, -0.2) is 0 Å². The van der Waals surface area contributed by atoms with Crippen LogP contribution in [0.15, 0.2) is 41.0 Å². The van der Waals surface area contributed by atoms with Gasteiger partial charge in [0, 0.05) is 16.4 Å². The minimum absolute atomic E-state index is 0.231. The fourth-order valence-corrected chi connectivity index (χ4v) is 1.81. The highest BCUT2D eigenvalue weighted by Gasteiger charge is 2.09. The molecule has 3 N–H and O–H groups in total. The lowest BCUT2D eigenvalue weighted by Crippen LogP contribution is -2.24. The van der Waals surface area contributed by atoms with E-state index < -0.39 is 0 Å². The minimum atomic E-state index is -0.231. The predicted molar refractivity (Wildman–Crippen MR) is 71.8 cm³/mol. The number of amides is 1. The molecular weight excluding hydrogens is 296 g/mol. The molecule has 0 bridgehead atoms. The summed E-state index contributed by atoms with van der Waals surface area (Å²) in [7, 11) is 0. The minimum Gasteiger partial charge on any atom is -0.398 e. The van der Waals surface area contributed by atoms with E-state index in [-0.39, 0.29) is 5.91 Å². The Labute approximate surface area is 113 Å². The number of carbonyl (C=O) groups excluding carboxylic acids is 1. The fourth-order valence-electron chi connectivity index (χ4n) is 1.43. The van der Waals surface area contributed by atoms with Gasteiger partial charge < -0.3 is 11.1 Å². The number of hydrogen-bond donors (Lipinski definition) is 2. The van der Waals surface area contributed by atoms with Gasteiger partial charge in [0.1, 0.15) is 0 Å². The zero-order chi connectivity index (χ0) is 13.0. The van der Waals surface area contributed by atoms with E-state index in [1.54, 1.807) is 36.5 Å². The Hall–Kier alpha value is -1.95. The maximum atomic E-state index is 11.9. The Bertz CT molecular complexity index is 559. The molecule has 0 radical (unpaired) electrons. The summed E-state index contributed by atoms with van der Waals surface area (Å²) < 4.78 is 0.838. The summed E-state index contributed by atoms with van der Waals surface area (Å²) in [4.78, 5) is 11.9. The van der Waals surface area contributed by atoms with E-state index in [1.807, 2.05) is 0 Å². The quantitative estimate of drug-likeness (QED) is 0.847. The van der Waals surface area contributed by atoms with Gasteiger partial charge in [-0.2, -0.15) is 10.2 Å². The van der Waals surface area contributed by atoms with E-state index in [0.717, 1.165) is 4.47 Å². The molecule has 0 saturated heterocycles. The standard InChI is InChI=1S/C12H11BrN4O/c13-8-3-4-10(11(14)6-8)12(18)15-7-9-2-1-5-16-17-9/h1-6H,7,14H2,(H,15,18). The van der Waals surface area contributed by atoms with Gasteiger partial charge in [0.15, 0.2) is 0 Å². The number of halogens is 1. The van der Waals surface area contributed by atoms with Crippen molar-refractivity contribution in [3.05, 3.63) is 52.3 Å². The smallest absolute Gasteiger partial charge is 0.253 e. The van der Waals surface area contributed by atoms with Crippen LogP contribution >= 0.6 is 15.9 Å². The Balaban J connectivity index is 2.04. The molecule has 0 aliphatic carbocycles. The van der Waals surface area contributed by atoms with Crippen molar-refractivity contribution in [2.75, 3.05) is 5.73 Å². The third-order valence-electron chi connectivity index (χ3n) is 2.32. The first kappa shape index (κ1) is 12.5. The van der Waals surface area contributed by atoms with Crippen LogP contribution in [0, 0.1) is 0 Å². The third kappa shape index (κ3) is 3.04. The van der Waals surface area contributed by atoms with Gasteiger partial charge >= 0.3 is 0 Å². The summed E-state index contributed by atoms with van der Waals surface area (Å²) in [6.07, 6.45) is 1.58. The van der Waals surface area contributed by atoms with Crippen LogP contribution in [0.3, 0.4) is 0 Å². The molecule has 2 aromatic rings. The van der Waals surface area contributed by atoms with E-state index in [0.29, 0.717) is 23.5 Å². The maximum absolute atomic E-state index is 11.9. The Morgan fingerprint density at radius 1 is 1.39 bits per heavy atom. The molecule has 0 atom stereocenters. The molecule has 0 fully saturated rings. The number of benzene rings is 1. The van der Waals surface area contributed by atoms with Gasteiger partial charge in [-0.05, 0) is 30.3 Å². The number of carbonyl (C=O) groups is 1. The Kier molecular flexibility index (Phi) is 3.88. The van der Waals surface area contributed by atoms with Crippen LogP contribution in [-0.4, -0.2) is 16.1 Å². The highest BCUT2D eigenvalue weighted by Crippen LogP contribution is 2.18. The summed E-state index contributed by atoms with van der Waals surface area (Å²) in [5.41, 5.74) is 7.35. The summed E-state index contributed by atoms with van der Waals surface area (Å²) in [5, 5.41) is 10.3. The van der Waals surface area contributed by atoms with Gasteiger partial charge in [-0.3, -0.25) is 4.79 Å². The molecule has 5 nitrogen and oxygen atoms in total. The van der Waals surface area contributed by atoms with Gasteiger partial charge in [0.05, 0.1) is 17.8 Å². The molecule has 6 heteroatoms. The molecule has 2 rings (SSSR count). The third-order valence-corrected chi connectivity index (χ3v) is 2.81. The van der Waals surface area contributed by atoms with Crippen molar-refractivity contribution in [2.24, 2.45) is 0 Å². The highest BCUT2D eigenvalue weighted by molar-refractivity contribution is 9.10. The van der Waals surface area contributed by atoms with Crippen molar-refractivity contribution in [1.29, 1.82) is 0 Å². The van der Waals surface area contributed by atoms with E-state index in [2.05, 4.69) is 31.4 Å². The molecule has 1 aromatic carbocycles. The normalized spacial score (nSPS) is 10.1. The average molecular weight is 307 g/mol. The molecular formula is C12H11BrN4O. The molecule has 92 valence electrons. The van der Waals surface area contributed by atoms with Crippen molar-refractivity contribution in [2.45, 2.75) is 6.54 Å². The Morgan fingerprint density at radius 3 is 2.89 bits per heavy atom. The van der Waals surface area contributed by atoms with Crippen LogP contribution < -0.4 is 11.1 Å². The number of nitrogens with one attached hydrogen (secondary N) is 1. The van der Waals surface area contributed by atoms with Crippen molar-refractivity contribution in [3.63, 3.8) is 0 Å². The van der Waals surface area contributed by atoms with Gasteiger partial charge in [0.25, 0.3) is 5.91 Å². The first-order valence-electron chi connectivity index (χ1n) is 5.26. The van der Waals surface area contributed by atoms with Crippen LogP contribution in [0.1, 0.15) is 16.1 Å². The predicted octanol–water partition coefficient (Wildman–Crippen LogP) is 1.75. The number of hydrogen-bond acceptors (Lipinski definition) is 4. The maximum Gasteiger partial charge on any atom is 0.253 e. The van der Waals surface area contributed by atoms with E-state index in [1.165, 1.54) is 0 Å². The topological polar surface area (TPSA) is 80.9 Å². The van der Waals surface area contributed by atoms with Gasteiger partial charge in [-0.1, -0.05) is 15.9 Å².